The fourth-order valence-corrected chi connectivity index (χ4v) is 4.37. The number of rotatable bonds is 2. The maximum Gasteiger partial charge on any atom is 0.269 e. The number of allylic oxidation sites excluding steroid dienone is 2. The Labute approximate surface area is 152 Å². The van der Waals surface area contributed by atoms with Crippen molar-refractivity contribution in [3.05, 3.63) is 79.3 Å². The van der Waals surface area contributed by atoms with Gasteiger partial charge in [0.05, 0.1) is 11.0 Å². The molecule has 0 aromatic heterocycles. The third-order valence-corrected chi connectivity index (χ3v) is 5.69. The summed E-state index contributed by atoms with van der Waals surface area (Å²) >= 11 is 9.92. The Morgan fingerprint density at radius 2 is 2.04 bits per heavy atom. The van der Waals surface area contributed by atoms with E-state index in [1.54, 1.807) is 12.1 Å². The molecule has 1 aliphatic heterocycles. The summed E-state index contributed by atoms with van der Waals surface area (Å²) in [6.45, 7) is 0. The lowest BCUT2D eigenvalue weighted by Crippen LogP contribution is -2.29. The molecule has 6 heteroatoms. The normalized spacial score (nSPS) is 24.2. The highest BCUT2D eigenvalue weighted by atomic mass is 79.9. The zero-order chi connectivity index (χ0) is 16.8. The van der Waals surface area contributed by atoms with Crippen LogP contribution >= 0.6 is 27.5 Å². The van der Waals surface area contributed by atoms with E-state index in [0.29, 0.717) is 16.9 Å². The maximum atomic E-state index is 11.1. The number of nitrogens with zero attached hydrogens (tertiary/aromatic N) is 1. The van der Waals surface area contributed by atoms with Crippen molar-refractivity contribution in [3.8, 4) is 0 Å². The molecule has 0 spiro atoms. The highest BCUT2D eigenvalue weighted by molar-refractivity contribution is 9.10. The van der Waals surface area contributed by atoms with Gasteiger partial charge in [0.2, 0.25) is 0 Å². The van der Waals surface area contributed by atoms with Gasteiger partial charge in [-0.3, -0.25) is 10.1 Å². The largest absolute Gasteiger partial charge is 0.378 e. The molecule has 3 atom stereocenters. The molecule has 2 aromatic carbocycles. The number of hydrogen-bond donors (Lipinski definition) is 1. The molecular weight excluding hydrogens is 392 g/mol. The van der Waals surface area contributed by atoms with Crippen molar-refractivity contribution in [2.45, 2.75) is 18.4 Å². The Kier molecular flexibility index (Phi) is 3.85. The van der Waals surface area contributed by atoms with Crippen LogP contribution in [0, 0.1) is 16.0 Å². The van der Waals surface area contributed by atoms with Gasteiger partial charge in [-0.1, -0.05) is 39.7 Å². The Balaban J connectivity index is 1.81. The fourth-order valence-electron chi connectivity index (χ4n) is 3.76. The van der Waals surface area contributed by atoms with Gasteiger partial charge in [0.25, 0.3) is 5.69 Å². The smallest absolute Gasteiger partial charge is 0.269 e. The van der Waals surface area contributed by atoms with Crippen LogP contribution in [0.5, 0.6) is 0 Å². The molecule has 0 saturated carbocycles. The minimum absolute atomic E-state index is 0.0499. The van der Waals surface area contributed by atoms with Crippen LogP contribution in [0.25, 0.3) is 0 Å². The second kappa shape index (κ2) is 5.90. The SMILES string of the molecule is O=[N+]([O-])c1ccc(Cl)c([C@@H]2Nc3ccc(Br)cc3[C@@H]3C=CC[C@@H]32)c1. The summed E-state index contributed by atoms with van der Waals surface area (Å²) in [5.74, 6) is 0.588. The molecule has 2 aliphatic rings. The van der Waals surface area contributed by atoms with Crippen LogP contribution in [0.1, 0.15) is 29.5 Å². The van der Waals surface area contributed by atoms with E-state index in [0.717, 1.165) is 22.1 Å². The van der Waals surface area contributed by atoms with Gasteiger partial charge in [0.15, 0.2) is 0 Å². The van der Waals surface area contributed by atoms with E-state index in [2.05, 4.69) is 39.5 Å². The van der Waals surface area contributed by atoms with Crippen molar-refractivity contribution in [2.75, 3.05) is 5.32 Å². The summed E-state index contributed by atoms with van der Waals surface area (Å²) in [6, 6.07) is 10.8. The molecule has 0 saturated heterocycles. The van der Waals surface area contributed by atoms with E-state index in [4.69, 9.17) is 11.6 Å². The molecule has 24 heavy (non-hydrogen) atoms. The molecule has 0 radical (unpaired) electrons. The lowest BCUT2D eigenvalue weighted by atomic mass is 9.77. The van der Waals surface area contributed by atoms with Gasteiger partial charge in [-0.2, -0.15) is 0 Å². The highest BCUT2D eigenvalue weighted by Crippen LogP contribution is 2.51. The van der Waals surface area contributed by atoms with Crippen LogP contribution in [-0.2, 0) is 0 Å². The summed E-state index contributed by atoms with van der Waals surface area (Å²) in [4.78, 5) is 10.8. The number of non-ortho nitro benzene ring substituents is 1. The average molecular weight is 406 g/mol. The van der Waals surface area contributed by atoms with Gasteiger partial charge in [-0.05, 0) is 42.2 Å². The van der Waals surface area contributed by atoms with Gasteiger partial charge < -0.3 is 5.32 Å². The van der Waals surface area contributed by atoms with Crippen LogP contribution < -0.4 is 5.32 Å². The van der Waals surface area contributed by atoms with Crippen LogP contribution in [0.15, 0.2) is 53.0 Å². The monoisotopic (exact) mass is 404 g/mol. The number of nitrogens with one attached hydrogen (secondary N) is 1. The minimum atomic E-state index is -0.377. The van der Waals surface area contributed by atoms with Crippen molar-refractivity contribution in [2.24, 2.45) is 5.92 Å². The molecule has 2 aromatic rings. The first-order valence-corrected chi connectivity index (χ1v) is 8.88. The Morgan fingerprint density at radius 3 is 2.83 bits per heavy atom. The van der Waals surface area contributed by atoms with Gasteiger partial charge in [0, 0.05) is 38.8 Å². The van der Waals surface area contributed by atoms with Crippen molar-refractivity contribution in [1.82, 2.24) is 0 Å². The summed E-state index contributed by atoms with van der Waals surface area (Å²) in [5.41, 5.74) is 3.16. The first-order chi connectivity index (χ1) is 11.5. The summed E-state index contributed by atoms with van der Waals surface area (Å²) in [5, 5.41) is 15.2. The van der Waals surface area contributed by atoms with Gasteiger partial charge in [0.1, 0.15) is 0 Å². The van der Waals surface area contributed by atoms with Crippen molar-refractivity contribution in [3.63, 3.8) is 0 Å². The molecule has 0 amide bonds. The van der Waals surface area contributed by atoms with E-state index in [1.807, 2.05) is 12.1 Å². The van der Waals surface area contributed by atoms with E-state index < -0.39 is 0 Å². The number of halogens is 2. The molecule has 0 fully saturated rings. The molecule has 4 rings (SSSR count). The van der Waals surface area contributed by atoms with E-state index in [9.17, 15) is 10.1 Å². The Hall–Kier alpha value is -1.85. The maximum absolute atomic E-state index is 11.1. The zero-order valence-corrected chi connectivity index (χ0v) is 14.9. The number of fused-ring (bicyclic) bond motifs is 3. The summed E-state index contributed by atoms with van der Waals surface area (Å²) in [6.07, 6.45) is 5.34. The predicted octanol–water partition coefficient (Wildman–Crippen LogP) is 5.84. The van der Waals surface area contributed by atoms with E-state index in [-0.39, 0.29) is 16.7 Å². The van der Waals surface area contributed by atoms with Crippen LogP contribution in [-0.4, -0.2) is 4.92 Å². The third kappa shape index (κ3) is 2.52. The molecule has 1 heterocycles. The standard InChI is InChI=1S/C18H14BrClN2O2/c19-10-4-7-17-14(8-10)12-2-1-3-13(12)18(21-17)15-9-11(22(23)24)5-6-16(15)20/h1-2,4-9,12-13,18,21H,3H2/t12-,13+,18-/m1/s1. The lowest BCUT2D eigenvalue weighted by molar-refractivity contribution is -0.384. The quantitative estimate of drug-likeness (QED) is 0.388. The second-order valence-electron chi connectivity index (χ2n) is 6.17. The Bertz CT molecular complexity index is 868. The van der Waals surface area contributed by atoms with E-state index in [1.165, 1.54) is 11.6 Å². The Morgan fingerprint density at radius 1 is 1.21 bits per heavy atom. The first-order valence-electron chi connectivity index (χ1n) is 7.71. The molecule has 4 nitrogen and oxygen atoms in total. The van der Waals surface area contributed by atoms with Crippen molar-refractivity contribution >= 4 is 38.9 Å². The topological polar surface area (TPSA) is 55.2 Å². The van der Waals surface area contributed by atoms with E-state index >= 15 is 0 Å². The van der Waals surface area contributed by atoms with Gasteiger partial charge in [-0.15, -0.1) is 0 Å². The number of anilines is 1. The molecule has 0 unspecified atom stereocenters. The molecular formula is C18H14BrClN2O2. The zero-order valence-electron chi connectivity index (χ0n) is 12.6. The lowest BCUT2D eigenvalue weighted by Gasteiger charge is -2.37. The van der Waals surface area contributed by atoms with Gasteiger partial charge >= 0.3 is 0 Å². The number of nitro benzene ring substituents is 1. The number of nitro groups is 1. The first kappa shape index (κ1) is 15.7. The van der Waals surface area contributed by atoms with Crippen molar-refractivity contribution in [1.29, 1.82) is 0 Å². The fraction of sp³-hybridized carbons (Fsp3) is 0.222. The van der Waals surface area contributed by atoms with Crippen LogP contribution in [0.3, 0.4) is 0 Å². The minimum Gasteiger partial charge on any atom is -0.378 e. The number of hydrogen-bond acceptors (Lipinski definition) is 3. The predicted molar refractivity (Wildman–Crippen MR) is 98.6 cm³/mol. The third-order valence-electron chi connectivity index (χ3n) is 4.85. The summed E-state index contributed by atoms with van der Waals surface area (Å²) < 4.78 is 1.05. The molecule has 1 N–H and O–H groups in total. The second-order valence-corrected chi connectivity index (χ2v) is 7.49. The molecule has 0 bridgehead atoms. The average Bonchev–Trinajstić information content (AvgIpc) is 3.04. The summed E-state index contributed by atoms with van der Waals surface area (Å²) in [7, 11) is 0. The van der Waals surface area contributed by atoms with Gasteiger partial charge in [-0.25, -0.2) is 0 Å². The highest BCUT2D eigenvalue weighted by Gasteiger charge is 2.39. The van der Waals surface area contributed by atoms with Crippen LogP contribution in [0.2, 0.25) is 5.02 Å². The number of benzene rings is 2. The van der Waals surface area contributed by atoms with Crippen LogP contribution in [0.4, 0.5) is 11.4 Å². The molecule has 1 aliphatic carbocycles. The molecule has 122 valence electrons. The van der Waals surface area contributed by atoms with Crippen molar-refractivity contribution < 1.29 is 4.92 Å².